The molecule has 0 radical (unpaired) electrons. The molecule has 0 N–H and O–H groups in total. The van der Waals surface area contributed by atoms with Crippen LogP contribution in [0.2, 0.25) is 0 Å². The number of benzene rings is 2. The molecule has 0 amide bonds. The van der Waals surface area contributed by atoms with E-state index in [0.29, 0.717) is 12.0 Å². The first kappa shape index (κ1) is 24.2. The van der Waals surface area contributed by atoms with Crippen LogP contribution in [0.5, 0.6) is 0 Å². The maximum atomic E-state index is 5.71. The highest BCUT2D eigenvalue weighted by atomic mass is 35.5. The van der Waals surface area contributed by atoms with Crippen molar-refractivity contribution in [2.75, 3.05) is 21.1 Å². The summed E-state index contributed by atoms with van der Waals surface area (Å²) in [6.07, 6.45) is 4.97. The predicted octanol–water partition coefficient (Wildman–Crippen LogP) is 6.35. The molecule has 0 aromatic heterocycles. The van der Waals surface area contributed by atoms with E-state index in [9.17, 15) is 0 Å². The molecule has 0 aliphatic heterocycles. The third-order valence-electron chi connectivity index (χ3n) is 5.69. The zero-order valence-electron chi connectivity index (χ0n) is 17.7. The molecule has 1 saturated carbocycles. The molecule has 158 valence electrons. The van der Waals surface area contributed by atoms with Gasteiger partial charge in [0.15, 0.2) is 0 Å². The fraction of sp³-hybridized carbons (Fsp3) is 0.458. The van der Waals surface area contributed by atoms with Crippen molar-refractivity contribution in [1.29, 1.82) is 0 Å². The van der Waals surface area contributed by atoms with Crippen molar-refractivity contribution in [2.24, 2.45) is 0 Å². The summed E-state index contributed by atoms with van der Waals surface area (Å²) in [5, 5.41) is 0. The molecule has 0 spiro atoms. The lowest BCUT2D eigenvalue weighted by Crippen LogP contribution is -2.37. The summed E-state index contributed by atoms with van der Waals surface area (Å²) in [4.78, 5) is 4.56. The van der Waals surface area contributed by atoms with E-state index < -0.39 is 0 Å². The molecular formula is C24H33ClN2S2. The molecule has 5 heteroatoms. The Morgan fingerprint density at radius 2 is 1.52 bits per heavy atom. The van der Waals surface area contributed by atoms with Crippen molar-refractivity contribution in [3.8, 4) is 0 Å². The number of rotatable bonds is 6. The monoisotopic (exact) mass is 448 g/mol. The normalized spacial score (nSPS) is 18.9. The zero-order valence-corrected chi connectivity index (χ0v) is 20.2. The molecule has 0 saturated heterocycles. The second kappa shape index (κ2) is 11.9. The van der Waals surface area contributed by atoms with Gasteiger partial charge < -0.3 is 9.80 Å². The van der Waals surface area contributed by atoms with Gasteiger partial charge in [-0.05, 0) is 62.4 Å². The molecule has 29 heavy (non-hydrogen) atoms. The second-order valence-corrected chi connectivity index (χ2v) is 9.75. The molecule has 0 bridgehead atoms. The summed E-state index contributed by atoms with van der Waals surface area (Å²) in [7, 11) is 6.42. The predicted molar refractivity (Wildman–Crippen MR) is 134 cm³/mol. The summed E-state index contributed by atoms with van der Waals surface area (Å²) in [6.45, 7) is 1.01. The third kappa shape index (κ3) is 7.29. The Bertz CT molecular complexity index is 741. The van der Waals surface area contributed by atoms with E-state index in [1.165, 1.54) is 42.4 Å². The Kier molecular flexibility index (Phi) is 9.97. The van der Waals surface area contributed by atoms with Crippen molar-refractivity contribution in [1.82, 2.24) is 9.80 Å². The van der Waals surface area contributed by atoms with E-state index in [2.05, 4.69) is 85.5 Å². The molecule has 3 rings (SSSR count). The van der Waals surface area contributed by atoms with Crippen LogP contribution in [0.4, 0.5) is 0 Å². The maximum absolute atomic E-state index is 5.71. The van der Waals surface area contributed by atoms with Crippen molar-refractivity contribution < 1.29 is 0 Å². The van der Waals surface area contributed by atoms with E-state index in [1.54, 1.807) is 11.8 Å². The van der Waals surface area contributed by atoms with Crippen LogP contribution in [0.1, 0.15) is 48.3 Å². The fourth-order valence-corrected chi connectivity index (χ4v) is 5.19. The van der Waals surface area contributed by atoms with E-state index in [-0.39, 0.29) is 12.4 Å². The van der Waals surface area contributed by atoms with Crippen LogP contribution in [0, 0.1) is 0 Å². The summed E-state index contributed by atoms with van der Waals surface area (Å²) in [5.74, 6) is 1.65. The van der Waals surface area contributed by atoms with Gasteiger partial charge in [0.05, 0.1) is 0 Å². The average molecular weight is 449 g/mol. The van der Waals surface area contributed by atoms with Gasteiger partial charge in [0, 0.05) is 25.4 Å². The molecular weight excluding hydrogens is 416 g/mol. The Morgan fingerprint density at radius 3 is 2.10 bits per heavy atom. The van der Waals surface area contributed by atoms with Crippen molar-refractivity contribution >= 4 is 40.7 Å². The van der Waals surface area contributed by atoms with Crippen LogP contribution in [0.15, 0.2) is 54.6 Å². The lowest BCUT2D eigenvalue weighted by atomic mass is 9.81. The third-order valence-corrected chi connectivity index (χ3v) is 7.34. The largest absolute Gasteiger partial charge is 0.358 e. The SMILES string of the molecule is CN(C)Cc1ccc([C@H]2CC[C@@H](N(C)C(=S)SCc3ccccc3)CC2)cc1.Cl. The average Bonchev–Trinajstić information content (AvgIpc) is 2.72. The lowest BCUT2D eigenvalue weighted by Gasteiger charge is -2.36. The first-order valence-corrected chi connectivity index (χ1v) is 11.6. The minimum absolute atomic E-state index is 0. The molecule has 0 unspecified atom stereocenters. The Balaban J connectivity index is 0.00000300. The maximum Gasteiger partial charge on any atom is 0.136 e. The summed E-state index contributed by atoms with van der Waals surface area (Å²) in [5.41, 5.74) is 4.23. The van der Waals surface area contributed by atoms with Crippen LogP contribution < -0.4 is 0 Å². The number of hydrogen-bond donors (Lipinski definition) is 0. The van der Waals surface area contributed by atoms with Gasteiger partial charge in [0.25, 0.3) is 0 Å². The first-order valence-electron chi connectivity index (χ1n) is 10.2. The standard InChI is InChI=1S/C24H32N2S2.ClH/c1-25(2)17-19-9-11-21(12-10-19)22-13-15-23(16-14-22)26(3)24(27)28-18-20-7-5-4-6-8-20;/h4-12,22-23H,13-18H2,1-3H3;1H/t22-,23+;. The summed E-state index contributed by atoms with van der Waals surface area (Å²) in [6, 6.07) is 20.4. The summed E-state index contributed by atoms with van der Waals surface area (Å²) >= 11 is 7.50. The lowest BCUT2D eigenvalue weighted by molar-refractivity contribution is 0.267. The number of thiocarbonyl (C=S) groups is 1. The Morgan fingerprint density at radius 1 is 0.897 bits per heavy atom. The highest BCUT2D eigenvalue weighted by molar-refractivity contribution is 8.22. The van der Waals surface area contributed by atoms with Crippen LogP contribution in [0.3, 0.4) is 0 Å². The zero-order chi connectivity index (χ0) is 19.9. The van der Waals surface area contributed by atoms with Crippen molar-refractivity contribution in [3.05, 3.63) is 71.3 Å². The van der Waals surface area contributed by atoms with Crippen LogP contribution in [-0.4, -0.2) is 41.3 Å². The van der Waals surface area contributed by atoms with Gasteiger partial charge in [-0.1, -0.05) is 78.6 Å². The molecule has 0 heterocycles. The van der Waals surface area contributed by atoms with E-state index in [1.807, 2.05) is 0 Å². The minimum Gasteiger partial charge on any atom is -0.358 e. The highest BCUT2D eigenvalue weighted by Gasteiger charge is 2.26. The molecule has 1 aliphatic carbocycles. The van der Waals surface area contributed by atoms with Gasteiger partial charge in [-0.15, -0.1) is 12.4 Å². The quantitative estimate of drug-likeness (QED) is 0.475. The van der Waals surface area contributed by atoms with Crippen LogP contribution >= 0.6 is 36.4 Å². The molecule has 2 aromatic carbocycles. The minimum atomic E-state index is 0. The number of thioether (sulfide) groups is 1. The second-order valence-electron chi connectivity index (χ2n) is 8.14. The first-order chi connectivity index (χ1) is 13.5. The van der Waals surface area contributed by atoms with Gasteiger partial charge in [-0.2, -0.15) is 0 Å². The Labute approximate surface area is 192 Å². The fourth-order valence-electron chi connectivity index (χ4n) is 4.03. The number of hydrogen-bond acceptors (Lipinski definition) is 3. The van der Waals surface area contributed by atoms with Crippen molar-refractivity contribution in [3.63, 3.8) is 0 Å². The summed E-state index contributed by atoms with van der Waals surface area (Å²) < 4.78 is 1.03. The molecule has 2 aromatic rings. The number of halogens is 1. The molecule has 1 fully saturated rings. The highest BCUT2D eigenvalue weighted by Crippen LogP contribution is 2.35. The van der Waals surface area contributed by atoms with Gasteiger partial charge in [-0.25, -0.2) is 0 Å². The van der Waals surface area contributed by atoms with Gasteiger partial charge >= 0.3 is 0 Å². The van der Waals surface area contributed by atoms with Gasteiger partial charge in [-0.3, -0.25) is 0 Å². The molecule has 0 atom stereocenters. The van der Waals surface area contributed by atoms with Gasteiger partial charge in [0.1, 0.15) is 4.32 Å². The topological polar surface area (TPSA) is 6.48 Å². The molecule has 1 aliphatic rings. The van der Waals surface area contributed by atoms with E-state index in [0.717, 1.165) is 16.6 Å². The van der Waals surface area contributed by atoms with Crippen molar-refractivity contribution in [2.45, 2.75) is 49.9 Å². The van der Waals surface area contributed by atoms with Gasteiger partial charge in [0.2, 0.25) is 0 Å². The van der Waals surface area contributed by atoms with E-state index in [4.69, 9.17) is 12.2 Å². The van der Waals surface area contributed by atoms with E-state index >= 15 is 0 Å². The number of nitrogens with zero attached hydrogens (tertiary/aromatic N) is 2. The smallest absolute Gasteiger partial charge is 0.136 e. The van der Waals surface area contributed by atoms with Crippen LogP contribution in [-0.2, 0) is 12.3 Å². The Hall–Kier alpha value is -1.07. The van der Waals surface area contributed by atoms with Crippen LogP contribution in [0.25, 0.3) is 0 Å². The molecule has 2 nitrogen and oxygen atoms in total.